The number of piperazine rings is 1. The second-order valence-electron chi connectivity index (χ2n) is 16.0. The Hall–Kier alpha value is -4.25. The van der Waals surface area contributed by atoms with Gasteiger partial charge in [-0.05, 0) is 108 Å². The average molecular weight is 744 g/mol. The van der Waals surface area contributed by atoms with E-state index in [1.807, 2.05) is 6.08 Å². The largest absolute Gasteiger partial charge is 0.478 e. The third-order valence-electron chi connectivity index (χ3n) is 13.1. The van der Waals surface area contributed by atoms with Gasteiger partial charge in [-0.1, -0.05) is 37.1 Å². The second-order valence-corrected chi connectivity index (χ2v) is 16.0. The van der Waals surface area contributed by atoms with Gasteiger partial charge in [0.25, 0.3) is 0 Å². The van der Waals surface area contributed by atoms with E-state index in [1.165, 1.54) is 16.8 Å². The second kappa shape index (κ2) is 17.0. The predicted molar refractivity (Wildman–Crippen MR) is 214 cm³/mol. The molecule has 1 aliphatic heterocycles. The monoisotopic (exact) mass is 743 g/mol. The number of carbonyl (C=O) groups excluding carboxylic acids is 2. The van der Waals surface area contributed by atoms with E-state index >= 15 is 0 Å². The molecule has 3 fully saturated rings. The predicted octanol–water partition coefficient (Wildman–Crippen LogP) is 6.27. The maximum atomic E-state index is 14.2. The van der Waals surface area contributed by atoms with Crippen molar-refractivity contribution in [2.75, 3.05) is 73.6 Å². The normalized spacial score (nSPS) is 28.9. The first-order chi connectivity index (χ1) is 25.7. The first kappa shape index (κ1) is 40.9. The molecule has 0 radical (unpaired) electrons. The van der Waals surface area contributed by atoms with Gasteiger partial charge in [0.2, 0.25) is 0 Å². The van der Waals surface area contributed by atoms with Crippen LogP contribution in [0.15, 0.2) is 59.7 Å². The van der Waals surface area contributed by atoms with Crippen molar-refractivity contribution in [3.05, 3.63) is 59.7 Å². The smallest absolute Gasteiger partial charge is 0.328 e. The first-order valence-corrected chi connectivity index (χ1v) is 20.0. The molecule has 6 rings (SSSR count). The van der Waals surface area contributed by atoms with Crippen LogP contribution in [0.2, 0.25) is 0 Å². The van der Waals surface area contributed by atoms with Crippen molar-refractivity contribution in [1.82, 2.24) is 9.88 Å². The Bertz CT molecular complexity index is 1680. The van der Waals surface area contributed by atoms with Crippen molar-refractivity contribution < 1.29 is 29.4 Å². The molecule has 6 atom stereocenters. The van der Waals surface area contributed by atoms with Gasteiger partial charge in [-0.2, -0.15) is 0 Å². The molecule has 0 spiro atoms. The van der Waals surface area contributed by atoms with Crippen molar-refractivity contribution in [2.45, 2.75) is 74.1 Å². The van der Waals surface area contributed by atoms with E-state index in [2.05, 4.69) is 92.4 Å². The minimum Gasteiger partial charge on any atom is -0.478 e. The van der Waals surface area contributed by atoms with E-state index in [9.17, 15) is 19.2 Å². The quantitative estimate of drug-likeness (QED) is 0.185. The maximum Gasteiger partial charge on any atom is 0.328 e. The fraction of sp³-hybridized carbons (Fsp3) is 0.605. The number of hydrogen-bond donors (Lipinski definition) is 2. The highest BCUT2D eigenvalue weighted by atomic mass is 16.4. The number of aromatic nitrogens is 1. The van der Waals surface area contributed by atoms with Gasteiger partial charge in [0.05, 0.1) is 12.2 Å². The van der Waals surface area contributed by atoms with Crippen molar-refractivity contribution in [3.63, 3.8) is 0 Å². The fourth-order valence-electron chi connectivity index (χ4n) is 10.3. The van der Waals surface area contributed by atoms with Crippen molar-refractivity contribution >= 4 is 40.8 Å². The Morgan fingerprint density at radius 2 is 1.57 bits per heavy atom. The SMILES string of the molecule is CCN(CC)c1ccc(N2CCN(CC(=O)[C@H]3[C@H](C)CC4C5CCC6=CC(=O)C=C[C@]6(C)C5=CC[C@@]43C)CC2)nc1N(CC)CC.O=C(O)/C=C/C(=O)O. The summed E-state index contributed by atoms with van der Waals surface area (Å²) in [4.78, 5) is 60.3. The standard InChI is InChI=1S/C39H57N5O2.C4H4O4/c1-8-42(9-2)33-14-15-35(40-37(33)43(10-3)11-4)44-22-20-41(21-23-44)26-34(46)36-27(5)24-32-30-13-12-28-25-29(45)16-18-38(28,6)31(30)17-19-39(32,36)7;5-3(6)1-2-4(7)8/h14-18,25,27,30,32,36H,8-13,19-24,26H2,1-7H3;1-2H,(H,5,6)(H,7,8)/b;2-1+/t27-,30?,32?,36-,38+,39+;/m1./s1. The van der Waals surface area contributed by atoms with Crippen LogP contribution in [0.25, 0.3) is 0 Å². The highest BCUT2D eigenvalue weighted by Gasteiger charge is 2.59. The van der Waals surface area contributed by atoms with Crippen LogP contribution in [0.4, 0.5) is 17.3 Å². The van der Waals surface area contributed by atoms with Crippen molar-refractivity contribution in [1.29, 1.82) is 0 Å². The lowest BCUT2D eigenvalue weighted by atomic mass is 9.52. The molecule has 2 saturated carbocycles. The summed E-state index contributed by atoms with van der Waals surface area (Å²) >= 11 is 0. The van der Waals surface area contributed by atoms with Crippen LogP contribution in [0, 0.1) is 34.5 Å². The fourth-order valence-corrected chi connectivity index (χ4v) is 10.3. The number of carbonyl (C=O) groups is 4. The number of Topliss-reactive ketones (excluding diaryl/α,β-unsaturated/α-hetero) is 1. The Balaban J connectivity index is 0.000000631. The zero-order chi connectivity index (χ0) is 39.4. The van der Waals surface area contributed by atoms with Crippen LogP contribution in [0.3, 0.4) is 0 Å². The number of pyridine rings is 1. The molecule has 2 heterocycles. The number of ketones is 2. The number of aliphatic carboxylic acids is 2. The van der Waals surface area contributed by atoms with Crippen LogP contribution in [-0.4, -0.2) is 103 Å². The number of carboxylic acids is 2. The summed E-state index contributed by atoms with van der Waals surface area (Å²) in [5.41, 5.74) is 3.89. The van der Waals surface area contributed by atoms with E-state index in [-0.39, 0.29) is 22.5 Å². The summed E-state index contributed by atoms with van der Waals surface area (Å²) in [6.45, 7) is 23.8. The number of allylic oxidation sites excluding steroid dienone is 6. The number of carboxylic acid groups (broad SMARTS) is 2. The molecule has 2 N–H and O–H groups in total. The first-order valence-electron chi connectivity index (χ1n) is 20.0. The lowest BCUT2D eigenvalue weighted by Gasteiger charge is -2.52. The molecular weight excluding hydrogens is 683 g/mol. The van der Waals surface area contributed by atoms with Crippen LogP contribution in [0.5, 0.6) is 0 Å². The molecule has 1 aromatic rings. The van der Waals surface area contributed by atoms with E-state index in [0.717, 1.165) is 89.7 Å². The van der Waals surface area contributed by atoms with E-state index in [4.69, 9.17) is 15.2 Å². The molecule has 0 aromatic carbocycles. The van der Waals surface area contributed by atoms with E-state index in [0.29, 0.717) is 42.2 Å². The van der Waals surface area contributed by atoms with Gasteiger partial charge in [0.15, 0.2) is 17.4 Å². The maximum absolute atomic E-state index is 14.2. The Kier molecular flexibility index (Phi) is 12.9. The highest BCUT2D eigenvalue weighted by Crippen LogP contribution is 2.65. The molecule has 54 heavy (non-hydrogen) atoms. The molecule has 1 aromatic heterocycles. The lowest BCUT2D eigenvalue weighted by molar-refractivity contribution is -0.134. The minimum atomic E-state index is -1.26. The Morgan fingerprint density at radius 3 is 2.17 bits per heavy atom. The molecule has 0 amide bonds. The average Bonchev–Trinajstić information content (AvgIpc) is 3.43. The third kappa shape index (κ3) is 8.21. The lowest BCUT2D eigenvalue weighted by Crippen LogP contribution is -2.51. The molecule has 1 saturated heterocycles. The molecule has 11 heteroatoms. The highest BCUT2D eigenvalue weighted by molar-refractivity contribution is 6.01. The summed E-state index contributed by atoms with van der Waals surface area (Å²) in [5, 5.41) is 15.6. The molecule has 2 unspecified atom stereocenters. The summed E-state index contributed by atoms with van der Waals surface area (Å²) in [6, 6.07) is 4.45. The van der Waals surface area contributed by atoms with E-state index in [1.54, 1.807) is 6.08 Å². The number of fused-ring (bicyclic) bond motifs is 5. The van der Waals surface area contributed by atoms with Crippen LogP contribution < -0.4 is 14.7 Å². The van der Waals surface area contributed by atoms with Gasteiger partial charge in [0.1, 0.15) is 5.82 Å². The van der Waals surface area contributed by atoms with Crippen LogP contribution in [0.1, 0.15) is 74.1 Å². The summed E-state index contributed by atoms with van der Waals surface area (Å²) < 4.78 is 0. The number of rotatable bonds is 12. The van der Waals surface area contributed by atoms with Gasteiger partial charge in [-0.25, -0.2) is 14.6 Å². The zero-order valence-electron chi connectivity index (χ0n) is 33.4. The Morgan fingerprint density at radius 1 is 0.944 bits per heavy atom. The molecule has 5 aliphatic rings. The third-order valence-corrected chi connectivity index (χ3v) is 13.1. The number of nitrogens with zero attached hydrogens (tertiary/aromatic N) is 5. The van der Waals surface area contributed by atoms with Gasteiger partial charge in [-0.15, -0.1) is 0 Å². The molecule has 0 bridgehead atoms. The summed E-state index contributed by atoms with van der Waals surface area (Å²) in [7, 11) is 0. The molecular formula is C43H61N5O6. The number of hydrogen-bond acceptors (Lipinski definition) is 9. The Labute approximate surface area is 321 Å². The summed E-state index contributed by atoms with van der Waals surface area (Å²) in [6.07, 6.45) is 13.6. The van der Waals surface area contributed by atoms with E-state index < -0.39 is 11.9 Å². The van der Waals surface area contributed by atoms with Crippen LogP contribution in [-0.2, 0) is 19.2 Å². The molecule has 4 aliphatic carbocycles. The zero-order valence-corrected chi connectivity index (χ0v) is 33.4. The molecule has 294 valence electrons. The number of anilines is 3. The van der Waals surface area contributed by atoms with Crippen molar-refractivity contribution in [2.24, 2.45) is 34.5 Å². The van der Waals surface area contributed by atoms with Gasteiger partial charge in [0, 0.05) is 75.8 Å². The molecule has 11 nitrogen and oxygen atoms in total. The van der Waals surface area contributed by atoms with Gasteiger partial charge >= 0.3 is 11.9 Å². The minimum absolute atomic E-state index is 0.00955. The summed E-state index contributed by atoms with van der Waals surface area (Å²) in [5.74, 6) is 1.72. The van der Waals surface area contributed by atoms with Crippen LogP contribution >= 0.6 is 0 Å². The van der Waals surface area contributed by atoms with Gasteiger partial charge < -0.3 is 24.9 Å². The topological polar surface area (TPSA) is 135 Å². The van der Waals surface area contributed by atoms with Gasteiger partial charge in [-0.3, -0.25) is 14.5 Å². The van der Waals surface area contributed by atoms with Crippen molar-refractivity contribution in [3.8, 4) is 0 Å².